The highest BCUT2D eigenvalue weighted by Crippen LogP contribution is 2.17. The van der Waals surface area contributed by atoms with E-state index in [0.717, 1.165) is 32.7 Å². The molecule has 0 fully saturated rings. The summed E-state index contributed by atoms with van der Waals surface area (Å²) in [6.45, 7) is 7.48. The van der Waals surface area contributed by atoms with Gasteiger partial charge in [0, 0.05) is 32.8 Å². The fourth-order valence-electron chi connectivity index (χ4n) is 1.93. The van der Waals surface area contributed by atoms with Gasteiger partial charge in [0.05, 0.1) is 6.61 Å². The summed E-state index contributed by atoms with van der Waals surface area (Å²) >= 11 is 0. The first-order valence-electron chi connectivity index (χ1n) is 5.52. The number of nitrogens with zero attached hydrogens (tertiary/aromatic N) is 1. The molecular weight excluding hydrogens is 188 g/mol. The second-order valence-electron chi connectivity index (χ2n) is 4.09. The number of ether oxygens (including phenoxy) is 1. The van der Waals surface area contributed by atoms with Gasteiger partial charge in [-0.2, -0.15) is 0 Å². The van der Waals surface area contributed by atoms with Crippen molar-refractivity contribution in [2.24, 2.45) is 11.7 Å². The SMILES string of the molecule is C=CCN(CCOC)CC1C=CC(N)C1. The number of nitrogens with two attached hydrogens (primary N) is 1. The van der Waals surface area contributed by atoms with Crippen LogP contribution in [-0.2, 0) is 4.74 Å². The van der Waals surface area contributed by atoms with Crippen molar-refractivity contribution >= 4 is 0 Å². The van der Waals surface area contributed by atoms with E-state index in [0.29, 0.717) is 5.92 Å². The zero-order valence-corrected chi connectivity index (χ0v) is 9.56. The molecule has 15 heavy (non-hydrogen) atoms. The van der Waals surface area contributed by atoms with E-state index in [-0.39, 0.29) is 6.04 Å². The second kappa shape index (κ2) is 6.77. The summed E-state index contributed by atoms with van der Waals surface area (Å²) in [5.41, 5.74) is 5.82. The van der Waals surface area contributed by atoms with Crippen LogP contribution in [0.2, 0.25) is 0 Å². The van der Waals surface area contributed by atoms with Crippen LogP contribution in [0.3, 0.4) is 0 Å². The van der Waals surface area contributed by atoms with E-state index in [1.54, 1.807) is 7.11 Å². The molecule has 0 saturated carbocycles. The quantitative estimate of drug-likeness (QED) is 0.638. The topological polar surface area (TPSA) is 38.5 Å². The summed E-state index contributed by atoms with van der Waals surface area (Å²) in [6.07, 6.45) is 7.34. The third kappa shape index (κ3) is 4.60. The Labute approximate surface area is 92.6 Å². The van der Waals surface area contributed by atoms with Crippen molar-refractivity contribution in [1.82, 2.24) is 4.90 Å². The third-order valence-corrected chi connectivity index (χ3v) is 2.70. The van der Waals surface area contributed by atoms with Gasteiger partial charge in [0.15, 0.2) is 0 Å². The highest BCUT2D eigenvalue weighted by molar-refractivity contribution is 5.05. The van der Waals surface area contributed by atoms with Crippen LogP contribution in [-0.4, -0.2) is 44.3 Å². The Hall–Kier alpha value is -0.640. The number of rotatable bonds is 7. The van der Waals surface area contributed by atoms with Crippen molar-refractivity contribution < 1.29 is 4.74 Å². The molecule has 86 valence electrons. The Morgan fingerprint density at radius 2 is 2.40 bits per heavy atom. The summed E-state index contributed by atoms with van der Waals surface area (Å²) < 4.78 is 5.09. The highest BCUT2D eigenvalue weighted by atomic mass is 16.5. The van der Waals surface area contributed by atoms with Crippen molar-refractivity contribution in [1.29, 1.82) is 0 Å². The Bertz CT molecular complexity index is 216. The molecule has 0 radical (unpaired) electrons. The van der Waals surface area contributed by atoms with Gasteiger partial charge in [0.25, 0.3) is 0 Å². The molecule has 2 atom stereocenters. The molecule has 0 aromatic rings. The van der Waals surface area contributed by atoms with Crippen LogP contribution in [0.15, 0.2) is 24.8 Å². The van der Waals surface area contributed by atoms with Gasteiger partial charge >= 0.3 is 0 Å². The molecule has 0 spiro atoms. The van der Waals surface area contributed by atoms with Gasteiger partial charge in [-0.1, -0.05) is 18.2 Å². The van der Waals surface area contributed by atoms with Crippen molar-refractivity contribution in [2.75, 3.05) is 33.4 Å². The molecule has 1 aliphatic carbocycles. The van der Waals surface area contributed by atoms with Gasteiger partial charge in [0.2, 0.25) is 0 Å². The normalized spacial score (nSPS) is 25.0. The molecule has 3 heteroatoms. The lowest BCUT2D eigenvalue weighted by Gasteiger charge is -2.23. The molecule has 0 aromatic heterocycles. The van der Waals surface area contributed by atoms with E-state index in [4.69, 9.17) is 10.5 Å². The number of hydrogen-bond donors (Lipinski definition) is 1. The molecule has 1 aliphatic rings. The van der Waals surface area contributed by atoms with Gasteiger partial charge in [-0.25, -0.2) is 0 Å². The Kier molecular flexibility index (Phi) is 5.61. The monoisotopic (exact) mass is 210 g/mol. The van der Waals surface area contributed by atoms with Gasteiger partial charge in [-0.05, 0) is 12.3 Å². The van der Waals surface area contributed by atoms with E-state index in [1.165, 1.54) is 0 Å². The van der Waals surface area contributed by atoms with Gasteiger partial charge in [0.1, 0.15) is 0 Å². The number of methoxy groups -OCH3 is 1. The summed E-state index contributed by atoms with van der Waals surface area (Å²) in [4.78, 5) is 2.35. The standard InChI is InChI=1S/C12H22N2O/c1-3-6-14(7-8-15-2)10-11-4-5-12(13)9-11/h3-5,11-12H,1,6-10,13H2,2H3. The maximum atomic E-state index is 5.82. The average molecular weight is 210 g/mol. The zero-order chi connectivity index (χ0) is 11.1. The van der Waals surface area contributed by atoms with Crippen LogP contribution in [0.5, 0.6) is 0 Å². The van der Waals surface area contributed by atoms with Gasteiger partial charge < -0.3 is 10.5 Å². The lowest BCUT2D eigenvalue weighted by molar-refractivity contribution is 0.148. The number of hydrogen-bond acceptors (Lipinski definition) is 3. The van der Waals surface area contributed by atoms with Crippen molar-refractivity contribution in [2.45, 2.75) is 12.5 Å². The van der Waals surface area contributed by atoms with Gasteiger partial charge in [-0.3, -0.25) is 4.90 Å². The summed E-state index contributed by atoms with van der Waals surface area (Å²) in [6, 6.07) is 0.253. The third-order valence-electron chi connectivity index (χ3n) is 2.70. The first kappa shape index (κ1) is 12.4. The maximum absolute atomic E-state index is 5.82. The lowest BCUT2D eigenvalue weighted by Crippen LogP contribution is -2.32. The van der Waals surface area contributed by atoms with Crippen molar-refractivity contribution in [3.8, 4) is 0 Å². The average Bonchev–Trinajstić information content (AvgIpc) is 2.61. The van der Waals surface area contributed by atoms with E-state index in [1.807, 2.05) is 6.08 Å². The molecule has 0 bridgehead atoms. The fraction of sp³-hybridized carbons (Fsp3) is 0.667. The van der Waals surface area contributed by atoms with Crippen LogP contribution in [0, 0.1) is 5.92 Å². The van der Waals surface area contributed by atoms with Crippen molar-refractivity contribution in [3.05, 3.63) is 24.8 Å². The van der Waals surface area contributed by atoms with E-state index < -0.39 is 0 Å². The molecule has 3 nitrogen and oxygen atoms in total. The molecule has 0 aromatic carbocycles. The summed E-state index contributed by atoms with van der Waals surface area (Å²) in [5, 5.41) is 0. The maximum Gasteiger partial charge on any atom is 0.0589 e. The molecular formula is C12H22N2O. The first-order valence-corrected chi connectivity index (χ1v) is 5.52. The van der Waals surface area contributed by atoms with E-state index in [2.05, 4.69) is 23.6 Å². The second-order valence-corrected chi connectivity index (χ2v) is 4.09. The molecule has 0 heterocycles. The molecule has 0 saturated heterocycles. The van der Waals surface area contributed by atoms with E-state index in [9.17, 15) is 0 Å². The Morgan fingerprint density at radius 3 is 2.93 bits per heavy atom. The summed E-state index contributed by atoms with van der Waals surface area (Å²) in [7, 11) is 1.73. The van der Waals surface area contributed by atoms with Crippen LogP contribution in [0.1, 0.15) is 6.42 Å². The largest absolute Gasteiger partial charge is 0.383 e. The molecule has 0 amide bonds. The van der Waals surface area contributed by atoms with Crippen molar-refractivity contribution in [3.63, 3.8) is 0 Å². The predicted octanol–water partition coefficient (Wildman–Crippen LogP) is 1.02. The minimum Gasteiger partial charge on any atom is -0.383 e. The molecule has 0 aliphatic heterocycles. The van der Waals surface area contributed by atoms with Crippen LogP contribution < -0.4 is 5.73 Å². The zero-order valence-electron chi connectivity index (χ0n) is 9.56. The van der Waals surface area contributed by atoms with Crippen LogP contribution in [0.25, 0.3) is 0 Å². The van der Waals surface area contributed by atoms with Crippen LogP contribution in [0.4, 0.5) is 0 Å². The molecule has 2 unspecified atom stereocenters. The summed E-state index contributed by atoms with van der Waals surface area (Å²) in [5.74, 6) is 0.594. The van der Waals surface area contributed by atoms with Gasteiger partial charge in [-0.15, -0.1) is 6.58 Å². The predicted molar refractivity (Wildman–Crippen MR) is 63.7 cm³/mol. The minimum absolute atomic E-state index is 0.253. The van der Waals surface area contributed by atoms with E-state index >= 15 is 0 Å². The highest BCUT2D eigenvalue weighted by Gasteiger charge is 2.17. The lowest BCUT2D eigenvalue weighted by atomic mass is 10.1. The minimum atomic E-state index is 0.253. The smallest absolute Gasteiger partial charge is 0.0589 e. The molecule has 2 N–H and O–H groups in total. The first-order chi connectivity index (χ1) is 7.26. The Morgan fingerprint density at radius 1 is 1.60 bits per heavy atom. The fourth-order valence-corrected chi connectivity index (χ4v) is 1.93. The van der Waals surface area contributed by atoms with Crippen LogP contribution >= 0.6 is 0 Å². The Balaban J connectivity index is 2.30. The molecule has 1 rings (SSSR count).